The van der Waals surface area contributed by atoms with Crippen LogP contribution < -0.4 is 16.4 Å². The monoisotopic (exact) mass is 344 g/mol. The first-order valence-corrected chi connectivity index (χ1v) is 7.24. The molecule has 0 spiro atoms. The molecule has 2 saturated heterocycles. The number of nitrogen functional groups attached to an aromatic ring is 1. The number of benzene rings is 1. The molecule has 23 heavy (non-hydrogen) atoms. The lowest BCUT2D eigenvalue weighted by molar-refractivity contribution is -0.384. The molecule has 126 valence electrons. The molecule has 9 heteroatoms. The number of halogens is 2. The van der Waals surface area contributed by atoms with E-state index >= 15 is 0 Å². The molecule has 4 N–H and O–H groups in total. The number of nitrogens with one attached hydrogen (secondary N) is 2. The van der Waals surface area contributed by atoms with Gasteiger partial charge >= 0.3 is 0 Å². The maximum atomic E-state index is 13.5. The number of nitrogens with two attached hydrogens (primary N) is 1. The minimum absolute atomic E-state index is 0. The Morgan fingerprint density at radius 2 is 1.96 bits per heavy atom. The number of piperidine rings is 1. The Bertz CT molecular complexity index is 631. The van der Waals surface area contributed by atoms with Crippen molar-refractivity contribution >= 4 is 29.7 Å². The quantitative estimate of drug-likeness (QED) is 0.439. The molecule has 0 aliphatic carbocycles. The number of carbonyl (C=O) groups excluding carboxylic acids is 1. The number of fused-ring (bicyclic) bond motifs is 2. The third kappa shape index (κ3) is 3.53. The molecule has 1 amide bonds. The van der Waals surface area contributed by atoms with Crippen LogP contribution in [0.5, 0.6) is 0 Å². The zero-order valence-electron chi connectivity index (χ0n) is 12.3. The van der Waals surface area contributed by atoms with Crippen molar-refractivity contribution in [1.82, 2.24) is 10.6 Å². The molecule has 2 heterocycles. The van der Waals surface area contributed by atoms with Gasteiger partial charge in [-0.3, -0.25) is 14.9 Å². The van der Waals surface area contributed by atoms with Crippen LogP contribution in [0.4, 0.5) is 15.8 Å². The molecule has 2 atom stereocenters. The van der Waals surface area contributed by atoms with Gasteiger partial charge in [0.2, 0.25) is 0 Å². The molecule has 1 aromatic rings. The van der Waals surface area contributed by atoms with Gasteiger partial charge in [0.1, 0.15) is 11.5 Å². The highest BCUT2D eigenvalue weighted by Gasteiger charge is 2.34. The number of nitrogens with zero attached hydrogens (tertiary/aromatic N) is 1. The Hall–Kier alpha value is -1.93. The molecule has 2 aliphatic rings. The fraction of sp³-hybridized carbons (Fsp3) is 0.500. The molecule has 2 bridgehead atoms. The van der Waals surface area contributed by atoms with E-state index in [0.29, 0.717) is 12.1 Å². The van der Waals surface area contributed by atoms with Gasteiger partial charge in [-0.05, 0) is 31.7 Å². The second kappa shape index (κ2) is 6.67. The summed E-state index contributed by atoms with van der Waals surface area (Å²) in [6, 6.07) is 2.42. The standard InChI is InChI=1S/C14H17FN4O3.ClH/c15-7-3-11(13(16)12(4-7)19(21)22)14(20)18-10-5-8-1-2-9(6-10)17-8;/h3-4,8-10,17H,1-2,5-6,16H2,(H,18,20);1H. The van der Waals surface area contributed by atoms with Gasteiger partial charge in [-0.1, -0.05) is 0 Å². The van der Waals surface area contributed by atoms with Crippen molar-refractivity contribution < 1.29 is 14.1 Å². The third-order valence-electron chi connectivity index (χ3n) is 4.37. The van der Waals surface area contributed by atoms with Crippen molar-refractivity contribution in [3.8, 4) is 0 Å². The highest BCUT2D eigenvalue weighted by atomic mass is 35.5. The molecule has 7 nitrogen and oxygen atoms in total. The van der Waals surface area contributed by atoms with Gasteiger partial charge in [-0.15, -0.1) is 12.4 Å². The molecule has 0 saturated carbocycles. The van der Waals surface area contributed by atoms with Crippen molar-refractivity contribution in [3.63, 3.8) is 0 Å². The predicted molar refractivity (Wildman–Crippen MR) is 85.1 cm³/mol. The van der Waals surface area contributed by atoms with Crippen molar-refractivity contribution in [1.29, 1.82) is 0 Å². The SMILES string of the molecule is Cl.Nc1c(C(=O)NC2CC3CCC(C2)N3)cc(F)cc1[N+](=O)[O-]. The average Bonchev–Trinajstić information content (AvgIpc) is 2.79. The van der Waals surface area contributed by atoms with Crippen molar-refractivity contribution in [2.24, 2.45) is 0 Å². The van der Waals surface area contributed by atoms with Crippen LogP contribution in [0.15, 0.2) is 12.1 Å². The van der Waals surface area contributed by atoms with Crippen LogP contribution in [-0.4, -0.2) is 29.0 Å². The normalized spacial score (nSPS) is 25.5. The number of rotatable bonds is 3. The van der Waals surface area contributed by atoms with Crippen LogP contribution in [0.2, 0.25) is 0 Å². The Morgan fingerprint density at radius 1 is 1.35 bits per heavy atom. The van der Waals surface area contributed by atoms with Crippen LogP contribution in [-0.2, 0) is 0 Å². The fourth-order valence-electron chi connectivity index (χ4n) is 3.38. The zero-order chi connectivity index (χ0) is 15.9. The summed E-state index contributed by atoms with van der Waals surface area (Å²) in [7, 11) is 0. The van der Waals surface area contributed by atoms with E-state index in [1.807, 2.05) is 0 Å². The largest absolute Gasteiger partial charge is 0.393 e. The summed E-state index contributed by atoms with van der Waals surface area (Å²) < 4.78 is 13.5. The lowest BCUT2D eigenvalue weighted by Crippen LogP contribution is -2.48. The molecular weight excluding hydrogens is 327 g/mol. The topological polar surface area (TPSA) is 110 Å². The summed E-state index contributed by atoms with van der Waals surface area (Å²) in [5.41, 5.74) is 4.57. The van der Waals surface area contributed by atoms with Gasteiger partial charge in [0.25, 0.3) is 11.6 Å². The van der Waals surface area contributed by atoms with Crippen LogP contribution in [0.3, 0.4) is 0 Å². The number of nitro groups is 1. The van der Waals surface area contributed by atoms with Gasteiger partial charge in [-0.25, -0.2) is 4.39 Å². The molecule has 1 aromatic carbocycles. The summed E-state index contributed by atoms with van der Waals surface area (Å²) >= 11 is 0. The van der Waals surface area contributed by atoms with Crippen LogP contribution >= 0.6 is 12.4 Å². The summed E-state index contributed by atoms with van der Waals surface area (Å²) in [6.07, 6.45) is 3.79. The van der Waals surface area contributed by atoms with Crippen molar-refractivity contribution in [2.75, 3.05) is 5.73 Å². The summed E-state index contributed by atoms with van der Waals surface area (Å²) in [5.74, 6) is -1.41. The Labute approximate surface area is 138 Å². The minimum Gasteiger partial charge on any atom is -0.393 e. The smallest absolute Gasteiger partial charge is 0.295 e. The lowest BCUT2D eigenvalue weighted by atomic mass is 9.99. The van der Waals surface area contributed by atoms with Crippen LogP contribution in [0.1, 0.15) is 36.0 Å². The zero-order valence-corrected chi connectivity index (χ0v) is 13.1. The number of amides is 1. The molecule has 2 unspecified atom stereocenters. The summed E-state index contributed by atoms with van der Waals surface area (Å²) in [6.45, 7) is 0. The lowest BCUT2D eigenvalue weighted by Gasteiger charge is -2.29. The van der Waals surface area contributed by atoms with Gasteiger partial charge in [0.15, 0.2) is 0 Å². The van der Waals surface area contributed by atoms with Gasteiger partial charge in [0.05, 0.1) is 16.6 Å². The number of anilines is 1. The van der Waals surface area contributed by atoms with E-state index < -0.39 is 22.3 Å². The first-order chi connectivity index (χ1) is 10.4. The molecule has 0 aromatic heterocycles. The van der Waals surface area contributed by atoms with Crippen LogP contribution in [0.25, 0.3) is 0 Å². The molecule has 2 aliphatic heterocycles. The fourth-order valence-corrected chi connectivity index (χ4v) is 3.38. The van der Waals surface area contributed by atoms with Crippen molar-refractivity contribution in [3.05, 3.63) is 33.6 Å². The molecular formula is C14H18ClFN4O3. The maximum absolute atomic E-state index is 13.5. The second-order valence-corrected chi connectivity index (χ2v) is 5.92. The highest BCUT2D eigenvalue weighted by molar-refractivity contribution is 6.01. The Balaban J connectivity index is 0.00000192. The molecule has 3 rings (SSSR count). The first-order valence-electron chi connectivity index (χ1n) is 7.24. The summed E-state index contributed by atoms with van der Waals surface area (Å²) in [4.78, 5) is 22.4. The summed E-state index contributed by atoms with van der Waals surface area (Å²) in [5, 5.41) is 17.1. The predicted octanol–water partition coefficient (Wildman–Crippen LogP) is 1.75. The number of carbonyl (C=O) groups is 1. The maximum Gasteiger partial charge on any atom is 0.295 e. The Kier molecular flexibility index (Phi) is 5.06. The van der Waals surface area contributed by atoms with E-state index in [0.717, 1.165) is 37.8 Å². The molecule has 2 fully saturated rings. The van der Waals surface area contributed by atoms with E-state index in [9.17, 15) is 19.3 Å². The Morgan fingerprint density at radius 3 is 2.52 bits per heavy atom. The van der Waals surface area contributed by atoms with E-state index in [1.165, 1.54) is 0 Å². The van der Waals surface area contributed by atoms with E-state index in [1.54, 1.807) is 0 Å². The molecule has 0 radical (unpaired) electrons. The van der Waals surface area contributed by atoms with Gasteiger partial charge < -0.3 is 16.4 Å². The van der Waals surface area contributed by atoms with Gasteiger partial charge in [0, 0.05) is 18.1 Å². The second-order valence-electron chi connectivity index (χ2n) is 5.92. The minimum atomic E-state index is -0.851. The van der Waals surface area contributed by atoms with E-state index in [2.05, 4.69) is 10.6 Å². The van der Waals surface area contributed by atoms with E-state index in [-0.39, 0.29) is 29.7 Å². The number of hydrogen-bond donors (Lipinski definition) is 3. The van der Waals surface area contributed by atoms with Crippen LogP contribution in [0, 0.1) is 15.9 Å². The number of hydrogen-bond acceptors (Lipinski definition) is 5. The first kappa shape index (κ1) is 17.4. The third-order valence-corrected chi connectivity index (χ3v) is 4.37. The number of nitro benzene ring substituents is 1. The van der Waals surface area contributed by atoms with Crippen molar-refractivity contribution in [2.45, 2.75) is 43.8 Å². The highest BCUT2D eigenvalue weighted by Crippen LogP contribution is 2.29. The van der Waals surface area contributed by atoms with Gasteiger partial charge in [-0.2, -0.15) is 0 Å². The average molecular weight is 345 g/mol. The van der Waals surface area contributed by atoms with E-state index in [4.69, 9.17) is 5.73 Å².